The number of hydrogen-bond acceptors (Lipinski definition) is 3. The van der Waals surface area contributed by atoms with Crippen molar-refractivity contribution in [3.05, 3.63) is 53.6 Å². The number of cyclic esters (lactones) is 1. The van der Waals surface area contributed by atoms with Crippen LogP contribution in [0.25, 0.3) is 11.1 Å². The summed E-state index contributed by atoms with van der Waals surface area (Å²) in [7, 11) is 1.65. The number of esters is 1. The molecule has 0 N–H and O–H groups in total. The van der Waals surface area contributed by atoms with Crippen LogP contribution in [-0.4, -0.2) is 13.1 Å². The zero-order chi connectivity index (χ0) is 12.5. The molecule has 2 aromatic carbocycles. The number of ether oxygens (including phenoxy) is 2. The predicted molar refractivity (Wildman–Crippen MR) is 67.5 cm³/mol. The fourth-order valence-electron chi connectivity index (χ4n) is 2.12. The summed E-state index contributed by atoms with van der Waals surface area (Å²) in [6.45, 7) is 0.367. The van der Waals surface area contributed by atoms with Crippen molar-refractivity contribution in [3.8, 4) is 16.9 Å². The van der Waals surface area contributed by atoms with Gasteiger partial charge in [0.05, 0.1) is 12.7 Å². The molecule has 0 amide bonds. The standard InChI is InChI=1S/C15H12O3/c1-17-13-4-2-3-10(8-13)11-5-6-14-12(7-11)9-18-15(14)16/h2-8H,9H2,1H3. The Labute approximate surface area is 105 Å². The van der Waals surface area contributed by atoms with Gasteiger partial charge in [0.2, 0.25) is 0 Å². The minimum absolute atomic E-state index is 0.234. The molecule has 0 unspecified atom stereocenters. The first-order valence-corrected chi connectivity index (χ1v) is 5.72. The van der Waals surface area contributed by atoms with Crippen LogP contribution in [-0.2, 0) is 11.3 Å². The van der Waals surface area contributed by atoms with Gasteiger partial charge in [0, 0.05) is 5.56 Å². The van der Waals surface area contributed by atoms with E-state index in [-0.39, 0.29) is 5.97 Å². The third-order valence-electron chi connectivity index (χ3n) is 3.09. The molecule has 18 heavy (non-hydrogen) atoms. The summed E-state index contributed by atoms with van der Waals surface area (Å²) in [5.41, 5.74) is 3.74. The fourth-order valence-corrected chi connectivity index (χ4v) is 2.12. The zero-order valence-corrected chi connectivity index (χ0v) is 9.97. The van der Waals surface area contributed by atoms with Crippen molar-refractivity contribution in [1.82, 2.24) is 0 Å². The van der Waals surface area contributed by atoms with Gasteiger partial charge in [0.15, 0.2) is 0 Å². The molecule has 1 aliphatic rings. The maximum Gasteiger partial charge on any atom is 0.338 e. The normalized spacial score (nSPS) is 13.1. The summed E-state index contributed by atoms with van der Waals surface area (Å²) < 4.78 is 10.2. The van der Waals surface area contributed by atoms with Crippen molar-refractivity contribution in [2.45, 2.75) is 6.61 Å². The minimum atomic E-state index is -0.234. The molecule has 0 spiro atoms. The van der Waals surface area contributed by atoms with Gasteiger partial charge in [-0.2, -0.15) is 0 Å². The average Bonchev–Trinajstić information content (AvgIpc) is 2.80. The number of methoxy groups -OCH3 is 1. The van der Waals surface area contributed by atoms with Crippen LogP contribution in [0.15, 0.2) is 42.5 Å². The number of carbonyl (C=O) groups excluding carboxylic acids is 1. The lowest BCUT2D eigenvalue weighted by Gasteiger charge is -2.05. The van der Waals surface area contributed by atoms with Gasteiger partial charge in [-0.05, 0) is 35.4 Å². The maximum atomic E-state index is 11.4. The molecular weight excluding hydrogens is 228 g/mol. The van der Waals surface area contributed by atoms with E-state index in [1.54, 1.807) is 7.11 Å². The Kier molecular flexibility index (Phi) is 2.52. The van der Waals surface area contributed by atoms with E-state index in [2.05, 4.69) is 0 Å². The number of hydrogen-bond donors (Lipinski definition) is 0. The summed E-state index contributed by atoms with van der Waals surface area (Å²) >= 11 is 0. The molecule has 0 aliphatic carbocycles. The van der Waals surface area contributed by atoms with Crippen LogP contribution in [0.1, 0.15) is 15.9 Å². The molecule has 2 aromatic rings. The topological polar surface area (TPSA) is 35.5 Å². The zero-order valence-electron chi connectivity index (χ0n) is 9.97. The van der Waals surface area contributed by atoms with Crippen LogP contribution < -0.4 is 4.74 Å². The van der Waals surface area contributed by atoms with Gasteiger partial charge in [0.1, 0.15) is 12.4 Å². The Hall–Kier alpha value is -2.29. The highest BCUT2D eigenvalue weighted by Crippen LogP contribution is 2.28. The quantitative estimate of drug-likeness (QED) is 0.757. The number of benzene rings is 2. The van der Waals surface area contributed by atoms with Crippen molar-refractivity contribution in [2.75, 3.05) is 7.11 Å². The molecule has 3 heteroatoms. The molecular formula is C15H12O3. The first-order valence-electron chi connectivity index (χ1n) is 5.72. The van der Waals surface area contributed by atoms with Crippen molar-refractivity contribution >= 4 is 5.97 Å². The first-order chi connectivity index (χ1) is 8.78. The van der Waals surface area contributed by atoms with Crippen LogP contribution in [0, 0.1) is 0 Å². The SMILES string of the molecule is COc1cccc(-c2ccc3c(c2)COC3=O)c1. The van der Waals surface area contributed by atoms with E-state index in [1.807, 2.05) is 42.5 Å². The van der Waals surface area contributed by atoms with Crippen molar-refractivity contribution in [1.29, 1.82) is 0 Å². The van der Waals surface area contributed by atoms with Gasteiger partial charge in [-0.1, -0.05) is 18.2 Å². The highest BCUT2D eigenvalue weighted by Gasteiger charge is 2.21. The second-order valence-corrected chi connectivity index (χ2v) is 4.18. The van der Waals surface area contributed by atoms with Crippen molar-refractivity contribution in [3.63, 3.8) is 0 Å². The minimum Gasteiger partial charge on any atom is -0.497 e. The van der Waals surface area contributed by atoms with E-state index in [0.29, 0.717) is 12.2 Å². The summed E-state index contributed by atoms with van der Waals surface area (Å²) in [5, 5.41) is 0. The largest absolute Gasteiger partial charge is 0.497 e. The Morgan fingerprint density at radius 2 is 1.94 bits per heavy atom. The molecule has 0 atom stereocenters. The van der Waals surface area contributed by atoms with E-state index in [4.69, 9.17) is 9.47 Å². The Morgan fingerprint density at radius 1 is 1.11 bits per heavy atom. The lowest BCUT2D eigenvalue weighted by atomic mass is 10.0. The molecule has 0 radical (unpaired) electrons. The number of carbonyl (C=O) groups is 1. The molecule has 0 saturated carbocycles. The van der Waals surface area contributed by atoms with Crippen LogP contribution in [0.4, 0.5) is 0 Å². The first kappa shape index (κ1) is 10.8. The average molecular weight is 240 g/mol. The van der Waals surface area contributed by atoms with E-state index < -0.39 is 0 Å². The molecule has 3 nitrogen and oxygen atoms in total. The number of fused-ring (bicyclic) bond motifs is 1. The van der Waals surface area contributed by atoms with Gasteiger partial charge in [0.25, 0.3) is 0 Å². The highest BCUT2D eigenvalue weighted by molar-refractivity contribution is 5.94. The van der Waals surface area contributed by atoms with Gasteiger partial charge in [-0.15, -0.1) is 0 Å². The van der Waals surface area contributed by atoms with E-state index in [1.165, 1.54) is 0 Å². The molecule has 1 heterocycles. The molecule has 0 fully saturated rings. The van der Waals surface area contributed by atoms with Gasteiger partial charge < -0.3 is 9.47 Å². The monoisotopic (exact) mass is 240 g/mol. The fraction of sp³-hybridized carbons (Fsp3) is 0.133. The summed E-state index contributed by atoms with van der Waals surface area (Å²) in [4.78, 5) is 11.4. The summed E-state index contributed by atoms with van der Waals surface area (Å²) in [6, 6.07) is 13.6. The molecule has 0 saturated heterocycles. The summed E-state index contributed by atoms with van der Waals surface area (Å²) in [6.07, 6.45) is 0. The van der Waals surface area contributed by atoms with Gasteiger partial charge in [-0.25, -0.2) is 4.79 Å². The van der Waals surface area contributed by atoms with Crippen molar-refractivity contribution in [2.24, 2.45) is 0 Å². The van der Waals surface area contributed by atoms with E-state index in [9.17, 15) is 4.79 Å². The lowest BCUT2D eigenvalue weighted by molar-refractivity contribution is 0.0535. The smallest absolute Gasteiger partial charge is 0.338 e. The highest BCUT2D eigenvalue weighted by atomic mass is 16.5. The van der Waals surface area contributed by atoms with Gasteiger partial charge >= 0.3 is 5.97 Å². The third kappa shape index (κ3) is 1.74. The van der Waals surface area contributed by atoms with E-state index in [0.717, 1.165) is 22.4 Å². The number of rotatable bonds is 2. The van der Waals surface area contributed by atoms with Crippen LogP contribution >= 0.6 is 0 Å². The molecule has 3 rings (SSSR count). The summed E-state index contributed by atoms with van der Waals surface area (Å²) in [5.74, 6) is 0.586. The Balaban J connectivity index is 2.05. The molecule has 0 aromatic heterocycles. The second-order valence-electron chi connectivity index (χ2n) is 4.18. The van der Waals surface area contributed by atoms with E-state index >= 15 is 0 Å². The van der Waals surface area contributed by atoms with Crippen LogP contribution in [0.2, 0.25) is 0 Å². The van der Waals surface area contributed by atoms with Crippen LogP contribution in [0.3, 0.4) is 0 Å². The maximum absolute atomic E-state index is 11.4. The molecule has 90 valence electrons. The Bertz CT molecular complexity index is 617. The Morgan fingerprint density at radius 3 is 2.78 bits per heavy atom. The molecule has 0 bridgehead atoms. The van der Waals surface area contributed by atoms with Crippen LogP contribution in [0.5, 0.6) is 5.75 Å². The molecule has 1 aliphatic heterocycles. The second kappa shape index (κ2) is 4.18. The van der Waals surface area contributed by atoms with Crippen molar-refractivity contribution < 1.29 is 14.3 Å². The lowest BCUT2D eigenvalue weighted by Crippen LogP contribution is -1.93. The predicted octanol–water partition coefficient (Wildman–Crippen LogP) is 3.03. The third-order valence-corrected chi connectivity index (χ3v) is 3.09. The van der Waals surface area contributed by atoms with Gasteiger partial charge in [-0.3, -0.25) is 0 Å².